The Morgan fingerprint density at radius 3 is 2.53 bits per heavy atom. The predicted molar refractivity (Wildman–Crippen MR) is 125 cm³/mol. The number of fused-ring (bicyclic) bond motifs is 3. The van der Waals surface area contributed by atoms with Crippen LogP contribution in [0.4, 0.5) is 4.39 Å². The average molecular weight is 487 g/mol. The van der Waals surface area contributed by atoms with Gasteiger partial charge in [0, 0.05) is 37.4 Å². The summed E-state index contributed by atoms with van der Waals surface area (Å²) in [4.78, 5) is 11.0. The number of nitrogens with zero attached hydrogens (tertiary/aromatic N) is 4. The summed E-state index contributed by atoms with van der Waals surface area (Å²) in [6, 6.07) is 6.37. The van der Waals surface area contributed by atoms with Gasteiger partial charge < -0.3 is 14.4 Å². The van der Waals surface area contributed by atoms with Crippen LogP contribution >= 0.6 is 0 Å². The van der Waals surface area contributed by atoms with Crippen molar-refractivity contribution in [3.05, 3.63) is 54.6 Å². The molecule has 2 unspecified atom stereocenters. The van der Waals surface area contributed by atoms with Gasteiger partial charge in [0.1, 0.15) is 18.2 Å². The maximum absolute atomic E-state index is 14.8. The first-order valence-corrected chi connectivity index (χ1v) is 13.2. The molecule has 0 aliphatic carbocycles. The number of rotatable bonds is 6. The zero-order valence-corrected chi connectivity index (χ0v) is 20.1. The third-order valence-corrected chi connectivity index (χ3v) is 7.84. The molecule has 0 radical (unpaired) electrons. The Balaban J connectivity index is 1.41. The largest absolute Gasteiger partial charge is 0.483 e. The molecule has 5 rings (SSSR count). The Bertz CT molecular complexity index is 1360. The number of sulfone groups is 1. The van der Waals surface area contributed by atoms with Crippen LogP contribution in [0.2, 0.25) is 0 Å². The van der Waals surface area contributed by atoms with Gasteiger partial charge in [0.25, 0.3) is 0 Å². The second kappa shape index (κ2) is 8.57. The first-order chi connectivity index (χ1) is 16.3. The standard InChI is InChI=1S/C24H27FN4O4S/c1-4-22(32-2)29-15-5-6-16(29)12-17(11-15)33-24-19-9-10-28(23(19)26-14-27-24)21-8-7-18(13-20(21)25)34(3,30)31/h4,7-10,13-17H,5-6,11-12H2,1-3H3. The number of allylic oxidation sites excluding steroid dienone is 1. The van der Waals surface area contributed by atoms with Crippen LogP contribution in [-0.2, 0) is 14.6 Å². The van der Waals surface area contributed by atoms with Crippen molar-refractivity contribution in [2.75, 3.05) is 13.4 Å². The van der Waals surface area contributed by atoms with E-state index in [1.54, 1.807) is 23.9 Å². The summed E-state index contributed by atoms with van der Waals surface area (Å²) >= 11 is 0. The monoisotopic (exact) mass is 486 g/mol. The zero-order valence-electron chi connectivity index (χ0n) is 19.3. The smallest absolute Gasteiger partial charge is 0.226 e. The number of hydrogen-bond donors (Lipinski definition) is 0. The molecule has 180 valence electrons. The molecule has 0 spiro atoms. The van der Waals surface area contributed by atoms with Gasteiger partial charge in [-0.2, -0.15) is 0 Å². The van der Waals surface area contributed by atoms with Crippen molar-refractivity contribution >= 4 is 20.9 Å². The first-order valence-electron chi connectivity index (χ1n) is 11.3. The Hall–Kier alpha value is -3.14. The number of benzene rings is 1. The topological polar surface area (TPSA) is 86.6 Å². The maximum Gasteiger partial charge on any atom is 0.226 e. The summed E-state index contributed by atoms with van der Waals surface area (Å²) in [6.45, 7) is 1.99. The third-order valence-electron chi connectivity index (χ3n) is 6.73. The highest BCUT2D eigenvalue weighted by atomic mass is 32.2. The molecule has 0 amide bonds. The summed E-state index contributed by atoms with van der Waals surface area (Å²) in [6.07, 6.45) is 10.1. The molecule has 2 aromatic heterocycles. The van der Waals surface area contributed by atoms with Crippen molar-refractivity contribution in [2.45, 2.75) is 55.7 Å². The Labute approximate surface area is 197 Å². The van der Waals surface area contributed by atoms with Gasteiger partial charge in [-0.1, -0.05) is 0 Å². The minimum absolute atomic E-state index is 0.0101. The van der Waals surface area contributed by atoms with Gasteiger partial charge in [-0.05, 0) is 50.1 Å². The lowest BCUT2D eigenvalue weighted by Gasteiger charge is -2.40. The lowest BCUT2D eigenvalue weighted by Crippen LogP contribution is -2.46. The molecule has 34 heavy (non-hydrogen) atoms. The highest BCUT2D eigenvalue weighted by molar-refractivity contribution is 7.90. The van der Waals surface area contributed by atoms with Crippen LogP contribution < -0.4 is 4.74 Å². The molecule has 10 heteroatoms. The molecule has 2 aliphatic rings. The minimum Gasteiger partial charge on any atom is -0.483 e. The predicted octanol–water partition coefficient (Wildman–Crippen LogP) is 3.85. The maximum atomic E-state index is 14.8. The van der Waals surface area contributed by atoms with Crippen LogP contribution in [-0.4, -0.2) is 59.4 Å². The Morgan fingerprint density at radius 2 is 1.91 bits per heavy atom. The van der Waals surface area contributed by atoms with Crippen molar-refractivity contribution in [3.8, 4) is 11.6 Å². The SMILES string of the molecule is CC=C(OC)N1C2CCC1CC(Oc1ncnc3c1ccn3-c1ccc(S(C)(=O)=O)cc1F)C2. The van der Waals surface area contributed by atoms with E-state index in [0.717, 1.165) is 43.9 Å². The van der Waals surface area contributed by atoms with E-state index < -0.39 is 15.7 Å². The summed E-state index contributed by atoms with van der Waals surface area (Å²) in [5.41, 5.74) is 0.698. The highest BCUT2D eigenvalue weighted by Gasteiger charge is 2.43. The lowest BCUT2D eigenvalue weighted by atomic mass is 10.00. The molecule has 1 aromatic carbocycles. The fourth-order valence-electron chi connectivity index (χ4n) is 5.24. The van der Waals surface area contributed by atoms with Crippen molar-refractivity contribution < 1.29 is 22.3 Å². The quantitative estimate of drug-likeness (QED) is 0.489. The van der Waals surface area contributed by atoms with Gasteiger partial charge in [0.15, 0.2) is 21.4 Å². The molecule has 3 aromatic rings. The van der Waals surface area contributed by atoms with E-state index in [2.05, 4.69) is 14.9 Å². The van der Waals surface area contributed by atoms with E-state index >= 15 is 0 Å². The molecular weight excluding hydrogens is 459 g/mol. The summed E-state index contributed by atoms with van der Waals surface area (Å²) in [5, 5.41) is 0.676. The minimum atomic E-state index is -3.50. The molecule has 8 nitrogen and oxygen atoms in total. The molecule has 0 N–H and O–H groups in total. The van der Waals surface area contributed by atoms with E-state index in [1.807, 2.05) is 13.0 Å². The van der Waals surface area contributed by atoms with E-state index in [0.29, 0.717) is 29.0 Å². The van der Waals surface area contributed by atoms with Crippen molar-refractivity contribution in [3.63, 3.8) is 0 Å². The van der Waals surface area contributed by atoms with Gasteiger partial charge in [-0.25, -0.2) is 22.8 Å². The van der Waals surface area contributed by atoms with E-state index in [4.69, 9.17) is 9.47 Å². The third kappa shape index (κ3) is 3.89. The van der Waals surface area contributed by atoms with Crippen LogP contribution in [0.25, 0.3) is 16.7 Å². The molecule has 2 saturated heterocycles. The number of aromatic nitrogens is 3. The van der Waals surface area contributed by atoms with Crippen LogP contribution in [0.15, 0.2) is 53.6 Å². The Kier molecular flexibility index (Phi) is 5.71. The van der Waals surface area contributed by atoms with Gasteiger partial charge in [0.05, 0.1) is 23.1 Å². The molecule has 2 atom stereocenters. The van der Waals surface area contributed by atoms with Gasteiger partial charge >= 0.3 is 0 Å². The van der Waals surface area contributed by atoms with Gasteiger partial charge in [0.2, 0.25) is 5.88 Å². The summed E-state index contributed by atoms with van der Waals surface area (Å²) in [5.74, 6) is 0.729. The summed E-state index contributed by atoms with van der Waals surface area (Å²) in [7, 11) is -1.80. The number of halogens is 1. The second-order valence-electron chi connectivity index (χ2n) is 8.82. The van der Waals surface area contributed by atoms with E-state index in [9.17, 15) is 12.8 Å². The van der Waals surface area contributed by atoms with Crippen molar-refractivity contribution in [2.24, 2.45) is 0 Å². The molecule has 0 saturated carbocycles. The van der Waals surface area contributed by atoms with Gasteiger partial charge in [-0.15, -0.1) is 0 Å². The number of ether oxygens (including phenoxy) is 2. The van der Waals surface area contributed by atoms with Crippen molar-refractivity contribution in [1.29, 1.82) is 0 Å². The number of methoxy groups -OCH3 is 1. The zero-order chi connectivity index (χ0) is 24.0. The van der Waals surface area contributed by atoms with Crippen LogP contribution in [0.3, 0.4) is 0 Å². The van der Waals surface area contributed by atoms with Crippen molar-refractivity contribution in [1.82, 2.24) is 19.4 Å². The van der Waals surface area contributed by atoms with E-state index in [-0.39, 0.29) is 16.7 Å². The first kappa shape index (κ1) is 22.6. The van der Waals surface area contributed by atoms with Crippen LogP contribution in [0.1, 0.15) is 32.6 Å². The van der Waals surface area contributed by atoms with Gasteiger partial charge in [-0.3, -0.25) is 4.57 Å². The molecular formula is C24H27FN4O4S. The second-order valence-corrected chi connectivity index (χ2v) is 10.8. The number of hydrogen-bond acceptors (Lipinski definition) is 7. The fourth-order valence-corrected chi connectivity index (χ4v) is 5.88. The molecule has 2 bridgehead atoms. The average Bonchev–Trinajstić information content (AvgIpc) is 3.33. The lowest BCUT2D eigenvalue weighted by molar-refractivity contribution is 0.0281. The van der Waals surface area contributed by atoms with Crippen LogP contribution in [0, 0.1) is 5.82 Å². The normalized spacial score (nSPS) is 22.9. The fraction of sp³-hybridized carbons (Fsp3) is 0.417. The van der Waals surface area contributed by atoms with E-state index in [1.165, 1.54) is 18.5 Å². The Morgan fingerprint density at radius 1 is 1.18 bits per heavy atom. The highest BCUT2D eigenvalue weighted by Crippen LogP contribution is 2.40. The molecule has 2 fully saturated rings. The number of piperidine rings is 1. The summed E-state index contributed by atoms with van der Waals surface area (Å²) < 4.78 is 51.8. The molecule has 2 aliphatic heterocycles. The van der Waals surface area contributed by atoms with Crippen LogP contribution in [0.5, 0.6) is 5.88 Å². The molecule has 4 heterocycles.